The van der Waals surface area contributed by atoms with Crippen LogP contribution in [-0.4, -0.2) is 14.0 Å². The molecule has 0 aliphatic carbocycles. The van der Waals surface area contributed by atoms with Gasteiger partial charge < -0.3 is 4.57 Å². The maximum Gasteiger partial charge on any atom is 0.267 e. The predicted molar refractivity (Wildman–Crippen MR) is 94.0 cm³/mol. The molecular formula is C19H19N3O. The Morgan fingerprint density at radius 3 is 2.52 bits per heavy atom. The molecule has 0 bridgehead atoms. The van der Waals surface area contributed by atoms with E-state index in [1.54, 1.807) is 4.40 Å². The summed E-state index contributed by atoms with van der Waals surface area (Å²) in [6.45, 7) is 3.08. The Morgan fingerprint density at radius 2 is 1.70 bits per heavy atom. The largest absolute Gasteiger partial charge is 0.310 e. The van der Waals surface area contributed by atoms with Gasteiger partial charge >= 0.3 is 0 Å². The Hall–Kier alpha value is -2.62. The van der Waals surface area contributed by atoms with Gasteiger partial charge in [0.05, 0.1) is 21.9 Å². The van der Waals surface area contributed by atoms with Crippen LogP contribution in [0.5, 0.6) is 0 Å². The lowest BCUT2D eigenvalue weighted by atomic mass is 10.2. The molecule has 0 radical (unpaired) electrons. The summed E-state index contributed by atoms with van der Waals surface area (Å²) in [5, 5.41) is 0.668. The monoisotopic (exact) mass is 305 g/mol. The van der Waals surface area contributed by atoms with Crippen LogP contribution in [0.3, 0.4) is 0 Å². The number of rotatable bonds is 4. The molecular weight excluding hydrogens is 286 g/mol. The molecule has 23 heavy (non-hydrogen) atoms. The minimum atomic E-state index is 0.0102. The fourth-order valence-corrected chi connectivity index (χ4v) is 3.25. The van der Waals surface area contributed by atoms with Gasteiger partial charge in [0.25, 0.3) is 5.56 Å². The number of unbranched alkanes of at least 4 members (excludes halogenated alkanes) is 2. The maximum atomic E-state index is 13.0. The lowest BCUT2D eigenvalue weighted by Crippen LogP contribution is -2.15. The van der Waals surface area contributed by atoms with Gasteiger partial charge in [-0.3, -0.25) is 4.79 Å². The summed E-state index contributed by atoms with van der Waals surface area (Å²) < 4.78 is 3.93. The van der Waals surface area contributed by atoms with Crippen LogP contribution in [0.4, 0.5) is 0 Å². The summed E-state index contributed by atoms with van der Waals surface area (Å²) in [4.78, 5) is 17.7. The molecule has 2 aromatic carbocycles. The van der Waals surface area contributed by atoms with Crippen molar-refractivity contribution < 1.29 is 0 Å². The molecule has 2 heterocycles. The Balaban J connectivity index is 2.11. The number of nitrogens with zero attached hydrogens (tertiary/aromatic N) is 3. The molecule has 0 atom stereocenters. The van der Waals surface area contributed by atoms with Gasteiger partial charge in [-0.25, -0.2) is 9.38 Å². The fourth-order valence-electron chi connectivity index (χ4n) is 3.25. The number of aryl methyl sites for hydroxylation is 1. The molecule has 0 aliphatic rings. The fraction of sp³-hybridized carbons (Fsp3) is 0.263. The first-order chi connectivity index (χ1) is 11.3. The average molecular weight is 305 g/mol. The number of fused-ring (bicyclic) bond motifs is 4. The van der Waals surface area contributed by atoms with E-state index in [2.05, 4.69) is 17.6 Å². The number of hydrogen-bond acceptors (Lipinski definition) is 2. The van der Waals surface area contributed by atoms with Crippen molar-refractivity contribution in [1.29, 1.82) is 0 Å². The van der Waals surface area contributed by atoms with Crippen molar-refractivity contribution in [2.24, 2.45) is 0 Å². The van der Waals surface area contributed by atoms with Crippen LogP contribution in [0, 0.1) is 0 Å². The molecule has 0 fully saturated rings. The van der Waals surface area contributed by atoms with Crippen molar-refractivity contribution in [2.75, 3.05) is 0 Å². The molecule has 0 spiro atoms. The van der Waals surface area contributed by atoms with Gasteiger partial charge in [0.1, 0.15) is 0 Å². The summed E-state index contributed by atoms with van der Waals surface area (Å²) in [5.74, 6) is 0.742. The van der Waals surface area contributed by atoms with E-state index >= 15 is 0 Å². The topological polar surface area (TPSA) is 39.3 Å². The molecule has 4 heteroatoms. The van der Waals surface area contributed by atoms with Gasteiger partial charge in [0, 0.05) is 6.54 Å². The van der Waals surface area contributed by atoms with Crippen molar-refractivity contribution in [2.45, 2.75) is 32.7 Å². The third kappa shape index (κ3) is 2.13. The van der Waals surface area contributed by atoms with Crippen LogP contribution in [0.1, 0.15) is 26.2 Å². The first-order valence-corrected chi connectivity index (χ1v) is 8.20. The minimum absolute atomic E-state index is 0.0102. The number of aromatic nitrogens is 3. The first-order valence-electron chi connectivity index (χ1n) is 8.20. The number of para-hydroxylation sites is 3. The summed E-state index contributed by atoms with van der Waals surface area (Å²) in [6, 6.07) is 15.6. The zero-order valence-corrected chi connectivity index (χ0v) is 13.2. The third-order valence-electron chi connectivity index (χ3n) is 4.40. The summed E-state index contributed by atoms with van der Waals surface area (Å²) >= 11 is 0. The van der Waals surface area contributed by atoms with Gasteiger partial charge in [-0.05, 0) is 30.7 Å². The highest BCUT2D eigenvalue weighted by molar-refractivity contribution is 5.85. The van der Waals surface area contributed by atoms with Crippen LogP contribution in [0.2, 0.25) is 0 Å². The Kier molecular flexibility index (Phi) is 3.37. The molecule has 0 amide bonds. The van der Waals surface area contributed by atoms with Crippen LogP contribution in [-0.2, 0) is 6.54 Å². The molecule has 0 N–H and O–H groups in total. The van der Waals surface area contributed by atoms with E-state index in [4.69, 9.17) is 4.98 Å². The molecule has 4 aromatic rings. The lowest BCUT2D eigenvalue weighted by molar-refractivity contribution is 0.621. The molecule has 0 aliphatic heterocycles. The van der Waals surface area contributed by atoms with E-state index in [0.717, 1.165) is 35.3 Å². The first kappa shape index (κ1) is 14.0. The Labute approximate surface area is 134 Å². The second-order valence-electron chi connectivity index (χ2n) is 5.92. The highest BCUT2D eigenvalue weighted by Gasteiger charge is 2.14. The van der Waals surface area contributed by atoms with Crippen LogP contribution in [0.15, 0.2) is 53.3 Å². The second-order valence-corrected chi connectivity index (χ2v) is 5.92. The SMILES string of the molecule is CCCCCn1c2ccccc2n2c(=O)c3ccccc3nc12. The molecule has 4 nitrogen and oxygen atoms in total. The average Bonchev–Trinajstić information content (AvgIpc) is 2.90. The molecule has 4 rings (SSSR count). The number of benzene rings is 2. The minimum Gasteiger partial charge on any atom is -0.310 e. The van der Waals surface area contributed by atoms with Crippen molar-refractivity contribution in [1.82, 2.24) is 14.0 Å². The zero-order chi connectivity index (χ0) is 15.8. The van der Waals surface area contributed by atoms with Crippen molar-refractivity contribution in [3.8, 4) is 0 Å². The maximum absolute atomic E-state index is 13.0. The standard InChI is InChI=1S/C19H19N3O/c1-2-3-8-13-21-16-11-6-7-12-17(16)22-18(23)14-9-4-5-10-15(14)20-19(21)22/h4-7,9-12H,2-3,8,13H2,1H3. The quantitative estimate of drug-likeness (QED) is 0.535. The molecule has 0 saturated heterocycles. The smallest absolute Gasteiger partial charge is 0.267 e. The van der Waals surface area contributed by atoms with Crippen molar-refractivity contribution >= 4 is 27.7 Å². The van der Waals surface area contributed by atoms with E-state index in [1.165, 1.54) is 12.8 Å². The van der Waals surface area contributed by atoms with Gasteiger partial charge in [0.15, 0.2) is 0 Å². The van der Waals surface area contributed by atoms with E-state index in [0.29, 0.717) is 5.39 Å². The summed E-state index contributed by atoms with van der Waals surface area (Å²) in [6.07, 6.45) is 3.44. The zero-order valence-electron chi connectivity index (χ0n) is 13.2. The third-order valence-corrected chi connectivity index (χ3v) is 4.40. The van der Waals surface area contributed by atoms with Crippen molar-refractivity contribution in [3.63, 3.8) is 0 Å². The number of imidazole rings is 1. The van der Waals surface area contributed by atoms with Crippen molar-refractivity contribution in [3.05, 3.63) is 58.9 Å². The van der Waals surface area contributed by atoms with E-state index in [9.17, 15) is 4.79 Å². The van der Waals surface area contributed by atoms with E-state index < -0.39 is 0 Å². The van der Waals surface area contributed by atoms with Crippen LogP contribution < -0.4 is 5.56 Å². The highest BCUT2D eigenvalue weighted by atomic mass is 16.1. The number of hydrogen-bond donors (Lipinski definition) is 0. The highest BCUT2D eigenvalue weighted by Crippen LogP contribution is 2.21. The van der Waals surface area contributed by atoms with E-state index in [1.807, 2.05) is 42.5 Å². The summed E-state index contributed by atoms with van der Waals surface area (Å²) in [5.41, 5.74) is 2.78. The molecule has 116 valence electrons. The molecule has 0 saturated carbocycles. The van der Waals surface area contributed by atoms with Gasteiger partial charge in [-0.1, -0.05) is 44.0 Å². The second kappa shape index (κ2) is 5.54. The predicted octanol–water partition coefficient (Wildman–Crippen LogP) is 3.99. The normalized spacial score (nSPS) is 11.7. The van der Waals surface area contributed by atoms with Crippen LogP contribution in [0.25, 0.3) is 27.7 Å². The Bertz CT molecular complexity index is 1060. The lowest BCUT2D eigenvalue weighted by Gasteiger charge is -2.05. The molecule has 2 aromatic heterocycles. The summed E-state index contributed by atoms with van der Waals surface area (Å²) in [7, 11) is 0. The van der Waals surface area contributed by atoms with Crippen LogP contribution >= 0.6 is 0 Å². The van der Waals surface area contributed by atoms with E-state index in [-0.39, 0.29) is 5.56 Å². The Morgan fingerprint density at radius 1 is 0.957 bits per heavy atom. The van der Waals surface area contributed by atoms with Gasteiger partial charge in [0.2, 0.25) is 5.78 Å². The molecule has 0 unspecified atom stereocenters. The van der Waals surface area contributed by atoms with Gasteiger partial charge in [-0.15, -0.1) is 0 Å². The van der Waals surface area contributed by atoms with Gasteiger partial charge in [-0.2, -0.15) is 0 Å².